The second kappa shape index (κ2) is 10.8. The van der Waals surface area contributed by atoms with Crippen LogP contribution in [0, 0.1) is 13.8 Å². The van der Waals surface area contributed by atoms with Gasteiger partial charge in [-0.15, -0.1) is 11.3 Å². The largest absolute Gasteiger partial charge is 0.493 e. The van der Waals surface area contributed by atoms with E-state index in [1.807, 2.05) is 50.2 Å². The van der Waals surface area contributed by atoms with Crippen LogP contribution in [0.1, 0.15) is 21.5 Å². The van der Waals surface area contributed by atoms with Crippen molar-refractivity contribution in [2.24, 2.45) is 0 Å². The van der Waals surface area contributed by atoms with E-state index in [-0.39, 0.29) is 17.6 Å². The van der Waals surface area contributed by atoms with Crippen LogP contribution in [0.3, 0.4) is 0 Å². The van der Waals surface area contributed by atoms with E-state index in [9.17, 15) is 9.59 Å². The van der Waals surface area contributed by atoms with Crippen molar-refractivity contribution in [3.8, 4) is 11.5 Å². The number of thiazole rings is 1. The number of nitrogens with one attached hydrogen (secondary N) is 2. The molecule has 0 saturated carbocycles. The average molecular weight is 508 g/mol. The predicted octanol–water partition coefficient (Wildman–Crippen LogP) is 5.91. The molecule has 9 heteroatoms. The zero-order chi connectivity index (χ0) is 24.9. The van der Waals surface area contributed by atoms with Crippen molar-refractivity contribution in [1.29, 1.82) is 0 Å². The molecule has 3 aromatic carbocycles. The van der Waals surface area contributed by atoms with Crippen LogP contribution in [0.4, 0.5) is 11.4 Å². The number of benzene rings is 3. The lowest BCUT2D eigenvalue weighted by atomic mass is 10.1. The summed E-state index contributed by atoms with van der Waals surface area (Å²) in [6, 6.07) is 16.4. The minimum atomic E-state index is -0.257. The van der Waals surface area contributed by atoms with Crippen LogP contribution in [-0.2, 0) is 4.79 Å². The zero-order valence-electron chi connectivity index (χ0n) is 19.8. The van der Waals surface area contributed by atoms with Crippen LogP contribution in [0.15, 0.2) is 58.9 Å². The van der Waals surface area contributed by atoms with Gasteiger partial charge >= 0.3 is 0 Å². The van der Waals surface area contributed by atoms with Gasteiger partial charge in [-0.3, -0.25) is 9.59 Å². The van der Waals surface area contributed by atoms with Crippen molar-refractivity contribution in [1.82, 2.24) is 4.98 Å². The highest BCUT2D eigenvalue weighted by Gasteiger charge is 2.13. The minimum absolute atomic E-state index is 0.0779. The van der Waals surface area contributed by atoms with Gasteiger partial charge in [0.2, 0.25) is 5.91 Å². The summed E-state index contributed by atoms with van der Waals surface area (Å²) >= 11 is 2.87. The minimum Gasteiger partial charge on any atom is -0.493 e. The van der Waals surface area contributed by atoms with Gasteiger partial charge in [0.1, 0.15) is 0 Å². The highest BCUT2D eigenvalue weighted by Crippen LogP contribution is 2.32. The van der Waals surface area contributed by atoms with E-state index in [0.29, 0.717) is 22.7 Å². The number of aryl methyl sites for hydroxylation is 1. The molecule has 1 aromatic heterocycles. The molecule has 2 amide bonds. The van der Waals surface area contributed by atoms with Crippen molar-refractivity contribution >= 4 is 56.5 Å². The number of aromatic nitrogens is 1. The topological polar surface area (TPSA) is 89.5 Å². The van der Waals surface area contributed by atoms with Crippen molar-refractivity contribution in [3.05, 3.63) is 71.3 Å². The van der Waals surface area contributed by atoms with Crippen LogP contribution in [0.5, 0.6) is 11.5 Å². The average Bonchev–Trinajstić information content (AvgIpc) is 3.27. The Kier molecular flexibility index (Phi) is 7.57. The fourth-order valence-corrected chi connectivity index (χ4v) is 5.33. The number of nitrogens with zero attached hydrogens (tertiary/aromatic N) is 1. The van der Waals surface area contributed by atoms with Gasteiger partial charge in [0.25, 0.3) is 5.91 Å². The van der Waals surface area contributed by atoms with Crippen LogP contribution < -0.4 is 20.1 Å². The van der Waals surface area contributed by atoms with Crippen molar-refractivity contribution in [3.63, 3.8) is 0 Å². The summed E-state index contributed by atoms with van der Waals surface area (Å²) < 4.78 is 12.2. The summed E-state index contributed by atoms with van der Waals surface area (Å²) in [5, 5.41) is 5.88. The van der Waals surface area contributed by atoms with Gasteiger partial charge in [0, 0.05) is 16.9 Å². The normalized spacial score (nSPS) is 10.7. The quantitative estimate of drug-likeness (QED) is 0.288. The van der Waals surface area contributed by atoms with Crippen molar-refractivity contribution in [2.45, 2.75) is 18.2 Å². The van der Waals surface area contributed by atoms with Crippen LogP contribution in [-0.4, -0.2) is 36.8 Å². The van der Waals surface area contributed by atoms with Crippen LogP contribution >= 0.6 is 23.1 Å². The first kappa shape index (κ1) is 24.6. The molecule has 0 radical (unpaired) electrons. The number of methoxy groups -OCH3 is 2. The Labute approximate surface area is 211 Å². The Morgan fingerprint density at radius 3 is 2.54 bits per heavy atom. The first-order chi connectivity index (χ1) is 16.9. The molecule has 2 N–H and O–H groups in total. The van der Waals surface area contributed by atoms with Gasteiger partial charge in [-0.1, -0.05) is 23.9 Å². The lowest BCUT2D eigenvalue weighted by molar-refractivity contribution is -0.113. The van der Waals surface area contributed by atoms with E-state index in [0.717, 1.165) is 31.4 Å². The van der Waals surface area contributed by atoms with E-state index in [1.165, 1.54) is 30.2 Å². The van der Waals surface area contributed by atoms with E-state index < -0.39 is 0 Å². The Hall–Kier alpha value is -3.56. The lowest BCUT2D eigenvalue weighted by Crippen LogP contribution is -2.15. The number of fused-ring (bicyclic) bond motifs is 1. The van der Waals surface area contributed by atoms with Gasteiger partial charge in [-0.25, -0.2) is 4.98 Å². The van der Waals surface area contributed by atoms with Gasteiger partial charge in [0.05, 0.1) is 30.2 Å². The van der Waals surface area contributed by atoms with Gasteiger partial charge < -0.3 is 20.1 Å². The molecule has 180 valence electrons. The first-order valence-corrected chi connectivity index (χ1v) is 12.6. The molecule has 0 unspecified atom stereocenters. The maximum Gasteiger partial charge on any atom is 0.255 e. The smallest absolute Gasteiger partial charge is 0.255 e. The zero-order valence-corrected chi connectivity index (χ0v) is 21.4. The monoisotopic (exact) mass is 507 g/mol. The number of rotatable bonds is 8. The van der Waals surface area contributed by atoms with Crippen LogP contribution in [0.25, 0.3) is 10.2 Å². The third kappa shape index (κ3) is 5.75. The number of thioether (sulfide) groups is 1. The molecule has 0 bridgehead atoms. The van der Waals surface area contributed by atoms with E-state index in [4.69, 9.17) is 9.47 Å². The molecule has 4 aromatic rings. The van der Waals surface area contributed by atoms with Gasteiger partial charge in [0.15, 0.2) is 15.8 Å². The third-order valence-electron chi connectivity index (χ3n) is 5.48. The maximum atomic E-state index is 12.7. The van der Waals surface area contributed by atoms with E-state index >= 15 is 0 Å². The summed E-state index contributed by atoms with van der Waals surface area (Å²) in [6.45, 7) is 4.01. The number of ether oxygens (including phenoxy) is 2. The third-order valence-corrected chi connectivity index (χ3v) is 7.64. The molecule has 0 atom stereocenters. The number of carbonyl (C=O) groups is 2. The molecule has 0 fully saturated rings. The lowest BCUT2D eigenvalue weighted by Gasteiger charge is -2.10. The van der Waals surface area contributed by atoms with E-state index in [1.54, 1.807) is 25.3 Å². The molecule has 35 heavy (non-hydrogen) atoms. The molecule has 0 spiro atoms. The van der Waals surface area contributed by atoms with Crippen LogP contribution in [0.2, 0.25) is 0 Å². The summed E-state index contributed by atoms with van der Waals surface area (Å²) in [7, 11) is 3.08. The highest BCUT2D eigenvalue weighted by molar-refractivity contribution is 8.01. The summed E-state index contributed by atoms with van der Waals surface area (Å²) in [5.74, 6) is 0.971. The van der Waals surface area contributed by atoms with Crippen molar-refractivity contribution in [2.75, 3.05) is 30.6 Å². The second-order valence-corrected chi connectivity index (χ2v) is 10.0. The Morgan fingerprint density at radius 2 is 1.77 bits per heavy atom. The summed E-state index contributed by atoms with van der Waals surface area (Å²) in [5.41, 5.74) is 4.96. The maximum absolute atomic E-state index is 12.7. The molecule has 7 nitrogen and oxygen atoms in total. The number of amides is 2. The molecular formula is C26H25N3O4S2. The fourth-order valence-electron chi connectivity index (χ4n) is 3.42. The molecule has 4 rings (SSSR count). The molecule has 1 heterocycles. The molecule has 0 aliphatic heterocycles. The predicted molar refractivity (Wildman–Crippen MR) is 142 cm³/mol. The molecule has 0 saturated heterocycles. The van der Waals surface area contributed by atoms with Gasteiger partial charge in [-0.2, -0.15) is 0 Å². The second-order valence-electron chi connectivity index (χ2n) is 7.77. The fraction of sp³-hybridized carbons (Fsp3) is 0.192. The SMILES string of the molecule is COc1ccc(C(=O)Nc2ccc3nc(SCC(=O)Nc4cccc(C)c4C)sc3c2)cc1OC. The Morgan fingerprint density at radius 1 is 0.971 bits per heavy atom. The molecule has 0 aliphatic rings. The Bertz CT molecular complexity index is 1400. The summed E-state index contributed by atoms with van der Waals surface area (Å²) in [4.78, 5) is 29.8. The number of anilines is 2. The number of hydrogen-bond donors (Lipinski definition) is 2. The number of carbonyl (C=O) groups excluding carboxylic acids is 2. The first-order valence-electron chi connectivity index (χ1n) is 10.8. The molecular weight excluding hydrogens is 482 g/mol. The van der Waals surface area contributed by atoms with E-state index in [2.05, 4.69) is 15.6 Å². The van der Waals surface area contributed by atoms with Gasteiger partial charge in [-0.05, 0) is 67.4 Å². The highest BCUT2D eigenvalue weighted by atomic mass is 32.2. The number of hydrogen-bond acceptors (Lipinski definition) is 7. The summed E-state index contributed by atoms with van der Waals surface area (Å²) in [6.07, 6.45) is 0. The van der Waals surface area contributed by atoms with Crippen molar-refractivity contribution < 1.29 is 19.1 Å². The standard InChI is InChI=1S/C26H25N3O4S2/c1-15-6-5-7-19(16(15)2)28-24(30)14-34-26-29-20-10-9-18(13-23(20)35-26)27-25(31)17-8-11-21(32-3)22(12-17)33-4/h5-13H,14H2,1-4H3,(H,27,31)(H,28,30). The molecule has 0 aliphatic carbocycles. The Balaban J connectivity index is 1.40.